The number of amides is 1. The zero-order chi connectivity index (χ0) is 19.9. The molecule has 1 amide bonds. The first-order valence-corrected chi connectivity index (χ1v) is 10.6. The smallest absolute Gasteiger partial charge is 0.444 e. The van der Waals surface area contributed by atoms with E-state index in [4.69, 9.17) is 14.0 Å². The largest absolute Gasteiger partial charge is 0.464 e. The van der Waals surface area contributed by atoms with Crippen LogP contribution in [0.1, 0.15) is 80.6 Å². The Morgan fingerprint density at radius 3 is 1.93 bits per heavy atom. The van der Waals surface area contributed by atoms with Crippen LogP contribution in [0.4, 0.5) is 4.79 Å². The Balaban J connectivity index is 1.29. The lowest BCUT2D eigenvalue weighted by Crippen LogP contribution is -2.67. The van der Waals surface area contributed by atoms with Crippen LogP contribution in [0, 0.1) is 11.3 Å². The molecule has 5 nitrogen and oxygen atoms in total. The van der Waals surface area contributed by atoms with Crippen molar-refractivity contribution >= 4 is 13.2 Å². The summed E-state index contributed by atoms with van der Waals surface area (Å²) in [7, 11) is -0.0498. The van der Waals surface area contributed by atoms with Crippen molar-refractivity contribution in [1.82, 2.24) is 4.90 Å². The fourth-order valence-electron chi connectivity index (χ4n) is 5.73. The molecule has 2 bridgehead atoms. The van der Waals surface area contributed by atoms with Gasteiger partial charge in [0.25, 0.3) is 0 Å². The molecule has 0 spiro atoms. The molecule has 0 atom stereocenters. The lowest BCUT2D eigenvalue weighted by molar-refractivity contribution is -0.163. The van der Waals surface area contributed by atoms with Crippen LogP contribution in [-0.4, -0.2) is 48.0 Å². The number of carbonyl (C=O) groups is 1. The minimum absolute atomic E-state index is 0.0498. The van der Waals surface area contributed by atoms with Crippen LogP contribution in [0.3, 0.4) is 0 Å². The van der Waals surface area contributed by atoms with Gasteiger partial charge in [0, 0.05) is 18.4 Å². The Morgan fingerprint density at radius 1 is 1.00 bits per heavy atom. The summed E-state index contributed by atoms with van der Waals surface area (Å²) in [5.41, 5.74) is -0.418. The van der Waals surface area contributed by atoms with Crippen LogP contribution in [0.25, 0.3) is 0 Å². The summed E-state index contributed by atoms with van der Waals surface area (Å²) in [6.45, 7) is 16.0. The van der Waals surface area contributed by atoms with Gasteiger partial charge in [-0.2, -0.15) is 0 Å². The molecule has 6 heteroatoms. The molecule has 0 aromatic heterocycles. The molecule has 5 aliphatic rings. The molecule has 0 aromatic carbocycles. The van der Waals surface area contributed by atoms with Crippen LogP contribution < -0.4 is 0 Å². The molecule has 3 saturated carbocycles. The molecule has 5 fully saturated rings. The Kier molecular flexibility index (Phi) is 4.10. The van der Waals surface area contributed by atoms with Gasteiger partial charge in [0.05, 0.1) is 11.2 Å². The molecular weight excluding hydrogens is 341 g/mol. The van der Waals surface area contributed by atoms with Crippen molar-refractivity contribution in [3.05, 3.63) is 0 Å². The highest BCUT2D eigenvalue weighted by atomic mass is 16.7. The number of likely N-dealkylation sites (tertiary alicyclic amines) is 1. The fraction of sp³-hybridized carbons (Fsp3) is 0.952. The maximum Gasteiger partial charge on any atom is 0.464 e. The van der Waals surface area contributed by atoms with Gasteiger partial charge >= 0.3 is 13.2 Å². The van der Waals surface area contributed by atoms with E-state index in [-0.39, 0.29) is 29.7 Å². The van der Waals surface area contributed by atoms with Gasteiger partial charge in [0.1, 0.15) is 5.60 Å². The lowest BCUT2D eigenvalue weighted by atomic mass is 9.22. The molecule has 0 unspecified atom stereocenters. The molecule has 5 rings (SSSR count). The number of nitrogens with zero attached hydrogens (tertiary/aromatic N) is 1. The van der Waals surface area contributed by atoms with Crippen molar-refractivity contribution in [2.75, 3.05) is 13.1 Å². The molecule has 2 heterocycles. The number of carbonyl (C=O) groups excluding carboxylic acids is 1. The average molecular weight is 377 g/mol. The second-order valence-electron chi connectivity index (χ2n) is 11.6. The van der Waals surface area contributed by atoms with E-state index in [2.05, 4.69) is 27.7 Å². The van der Waals surface area contributed by atoms with Crippen molar-refractivity contribution in [1.29, 1.82) is 0 Å². The third-order valence-corrected chi connectivity index (χ3v) is 7.88. The first-order chi connectivity index (χ1) is 12.3. The van der Waals surface area contributed by atoms with Gasteiger partial charge in [-0.25, -0.2) is 4.79 Å². The molecule has 27 heavy (non-hydrogen) atoms. The molecule has 152 valence electrons. The third-order valence-electron chi connectivity index (χ3n) is 7.88. The number of hydrogen-bond donors (Lipinski definition) is 0. The van der Waals surface area contributed by atoms with E-state index < -0.39 is 5.60 Å². The molecule has 0 N–H and O–H groups in total. The van der Waals surface area contributed by atoms with Crippen LogP contribution >= 0.6 is 0 Å². The van der Waals surface area contributed by atoms with Gasteiger partial charge in [-0.1, -0.05) is 0 Å². The first kappa shape index (κ1) is 19.6. The quantitative estimate of drug-likeness (QED) is 0.658. The highest BCUT2D eigenvalue weighted by molar-refractivity contribution is 6.51. The molecule has 2 saturated heterocycles. The molecular formula is C21H36BNO4. The fourth-order valence-corrected chi connectivity index (χ4v) is 5.73. The van der Waals surface area contributed by atoms with Crippen LogP contribution in [0.15, 0.2) is 0 Å². The number of piperidine rings is 1. The van der Waals surface area contributed by atoms with E-state index in [1.165, 1.54) is 19.3 Å². The van der Waals surface area contributed by atoms with Crippen molar-refractivity contribution in [3.8, 4) is 0 Å². The minimum Gasteiger partial charge on any atom is -0.444 e. The Bertz CT molecular complexity index is 595. The Labute approximate surface area is 164 Å². The van der Waals surface area contributed by atoms with E-state index in [1.54, 1.807) is 0 Å². The summed E-state index contributed by atoms with van der Waals surface area (Å²) >= 11 is 0. The summed E-state index contributed by atoms with van der Waals surface area (Å²) in [5.74, 6) is 0.723. The zero-order valence-corrected chi connectivity index (χ0v) is 18.2. The normalized spacial score (nSPS) is 37.6. The highest BCUT2D eigenvalue weighted by Gasteiger charge is 2.77. The van der Waals surface area contributed by atoms with Crippen molar-refractivity contribution < 1.29 is 18.8 Å². The second-order valence-corrected chi connectivity index (χ2v) is 11.6. The van der Waals surface area contributed by atoms with Crippen LogP contribution in [0.5, 0.6) is 0 Å². The van der Waals surface area contributed by atoms with E-state index >= 15 is 0 Å². The van der Waals surface area contributed by atoms with E-state index in [0.29, 0.717) is 5.41 Å². The second kappa shape index (κ2) is 5.66. The Hall–Kier alpha value is -0.745. The Morgan fingerprint density at radius 2 is 1.48 bits per heavy atom. The van der Waals surface area contributed by atoms with Gasteiger partial charge in [-0.05, 0) is 91.9 Å². The number of ether oxygens (including phenoxy) is 1. The molecule has 3 aliphatic carbocycles. The maximum absolute atomic E-state index is 12.3. The monoisotopic (exact) mass is 377 g/mol. The van der Waals surface area contributed by atoms with Gasteiger partial charge in [0.15, 0.2) is 0 Å². The van der Waals surface area contributed by atoms with Crippen LogP contribution in [-0.2, 0) is 14.0 Å². The first-order valence-electron chi connectivity index (χ1n) is 10.6. The SMILES string of the molecule is CC(C)(C)OC(=O)N1CCC(C23CC(B4OC(C)(C)C(C)(C)O4)(C2)C3)CC1. The van der Waals surface area contributed by atoms with Gasteiger partial charge in [-0.3, -0.25) is 0 Å². The van der Waals surface area contributed by atoms with Gasteiger partial charge in [-0.15, -0.1) is 0 Å². The summed E-state index contributed by atoms with van der Waals surface area (Å²) in [6.07, 6.45) is 5.72. The van der Waals surface area contributed by atoms with Crippen molar-refractivity contribution in [3.63, 3.8) is 0 Å². The maximum atomic E-state index is 12.3. The lowest BCUT2D eigenvalue weighted by Gasteiger charge is -2.74. The summed E-state index contributed by atoms with van der Waals surface area (Å²) < 4.78 is 18.2. The van der Waals surface area contributed by atoms with Crippen molar-refractivity contribution in [2.45, 2.75) is 103 Å². The van der Waals surface area contributed by atoms with E-state index in [1.807, 2.05) is 25.7 Å². The number of hydrogen-bond acceptors (Lipinski definition) is 4. The summed E-state index contributed by atoms with van der Waals surface area (Å²) in [6, 6.07) is 0. The molecule has 0 radical (unpaired) electrons. The minimum atomic E-state index is -0.420. The van der Waals surface area contributed by atoms with E-state index in [0.717, 1.165) is 31.8 Å². The molecule has 2 aliphatic heterocycles. The van der Waals surface area contributed by atoms with Gasteiger partial charge in [0.2, 0.25) is 0 Å². The standard InChI is InChI=1S/C21H36BNO4/c1-17(2,3)25-16(24)23-10-8-15(9-11-23)20-12-21(13-20,14-20)22-26-18(4,5)19(6,7)27-22/h15H,8-14H2,1-7H3. The van der Waals surface area contributed by atoms with Crippen LogP contribution in [0.2, 0.25) is 5.31 Å². The highest BCUT2D eigenvalue weighted by Crippen LogP contribution is 2.83. The predicted molar refractivity (Wildman–Crippen MR) is 106 cm³/mol. The van der Waals surface area contributed by atoms with Crippen molar-refractivity contribution in [2.24, 2.45) is 11.3 Å². The zero-order valence-electron chi connectivity index (χ0n) is 18.2. The predicted octanol–water partition coefficient (Wildman–Crippen LogP) is 4.65. The third kappa shape index (κ3) is 3.02. The average Bonchev–Trinajstić information content (AvgIpc) is 2.63. The summed E-state index contributed by atoms with van der Waals surface area (Å²) in [4.78, 5) is 14.2. The van der Waals surface area contributed by atoms with E-state index in [9.17, 15) is 4.79 Å². The van der Waals surface area contributed by atoms with Gasteiger partial charge < -0.3 is 18.9 Å². The molecule has 0 aromatic rings. The topological polar surface area (TPSA) is 48.0 Å². The number of rotatable bonds is 2. The summed E-state index contributed by atoms with van der Waals surface area (Å²) in [5, 5.41) is 0.243.